The molecule has 1 rings (SSSR count). The Morgan fingerprint density at radius 3 is 2.43 bits per heavy atom. The number of H-pyrrole nitrogens is 2. The zero-order chi connectivity index (χ0) is 5.28. The van der Waals surface area contributed by atoms with E-state index in [1.807, 2.05) is 0 Å². The van der Waals surface area contributed by atoms with Crippen LogP contribution in [0.1, 0.15) is 10.5 Å². The zero-order valence-corrected chi connectivity index (χ0v) is 3.56. The highest BCUT2D eigenvalue weighted by Crippen LogP contribution is 1.85. The second kappa shape index (κ2) is 1.14. The van der Waals surface area contributed by atoms with Crippen molar-refractivity contribution in [3.63, 3.8) is 0 Å². The maximum atomic E-state index is 10.0. The van der Waals surface area contributed by atoms with Gasteiger partial charge in [0.2, 0.25) is 0 Å². The van der Waals surface area contributed by atoms with Gasteiger partial charge in [-0.3, -0.25) is 9.89 Å². The van der Waals surface area contributed by atoms with Gasteiger partial charge in [-0.05, 0) is 0 Å². The molecule has 4 heteroatoms. The summed E-state index contributed by atoms with van der Waals surface area (Å²) in [6, 6.07) is 0. The largest absolute Gasteiger partial charge is 0.364 e. The Labute approximate surface area is 39.7 Å². The van der Waals surface area contributed by atoms with Crippen LogP contribution in [0, 0.1) is 0 Å². The molecule has 0 aromatic carbocycles. The van der Waals surface area contributed by atoms with E-state index in [0.717, 1.165) is 0 Å². The number of hydrogen-bond donors (Lipinski definition) is 3. The summed E-state index contributed by atoms with van der Waals surface area (Å²) in [7, 11) is 0. The van der Waals surface area contributed by atoms with Crippen molar-refractivity contribution < 1.29 is 4.79 Å². The Bertz CT molecular complexity index is 154. The summed E-state index contributed by atoms with van der Waals surface area (Å²) in [5.41, 5.74) is 5.22. The molecule has 0 aliphatic heterocycles. The van der Waals surface area contributed by atoms with Crippen molar-refractivity contribution in [2.24, 2.45) is 5.73 Å². The van der Waals surface area contributed by atoms with Crippen LogP contribution in [-0.2, 0) is 0 Å². The molecule has 0 saturated heterocycles. The van der Waals surface area contributed by atoms with E-state index in [1.54, 1.807) is 0 Å². The van der Waals surface area contributed by atoms with Gasteiger partial charge in [0.1, 0.15) is 5.69 Å². The fourth-order valence-electron chi connectivity index (χ4n) is 0.277. The monoisotopic (exact) mass is 99.0 g/mol. The third-order valence-corrected chi connectivity index (χ3v) is 0.689. The van der Waals surface area contributed by atoms with Crippen molar-refractivity contribution >= 4 is 5.91 Å². The molecule has 0 aliphatic carbocycles. The van der Waals surface area contributed by atoms with Gasteiger partial charge in [0, 0.05) is 6.20 Å². The van der Waals surface area contributed by atoms with Crippen LogP contribution in [0.2, 0.25) is 0 Å². The van der Waals surface area contributed by atoms with E-state index >= 15 is 0 Å². The van der Waals surface area contributed by atoms with Crippen LogP contribution in [0.15, 0.2) is 6.20 Å². The van der Waals surface area contributed by atoms with Crippen molar-refractivity contribution in [1.29, 1.82) is 0 Å². The van der Waals surface area contributed by atoms with Crippen molar-refractivity contribution in [2.75, 3.05) is 0 Å². The second-order valence-corrected chi connectivity index (χ2v) is 1.19. The fraction of sp³-hybridized carbons (Fsp3) is 0. The first-order chi connectivity index (χ1) is 3.30. The van der Waals surface area contributed by atoms with Crippen molar-refractivity contribution in [1.82, 2.24) is 10.2 Å². The Morgan fingerprint density at radius 2 is 2.43 bits per heavy atom. The summed E-state index contributed by atoms with van der Waals surface area (Å²) in [6.45, 7) is 0. The summed E-state index contributed by atoms with van der Waals surface area (Å²) >= 11 is 0. The molecule has 0 radical (unpaired) electrons. The number of nitrogens with two attached hydrogens (primary N) is 1. The molecule has 1 aromatic heterocycles. The highest BCUT2D eigenvalue weighted by molar-refractivity contribution is 5.90. The van der Waals surface area contributed by atoms with Crippen LogP contribution < -0.4 is 5.73 Å². The summed E-state index contributed by atoms with van der Waals surface area (Å²) in [5.74, 6) is -0.432. The Hall–Kier alpha value is -1.19. The minimum atomic E-state index is -0.432. The lowest BCUT2D eigenvalue weighted by atomic mass is 10.4. The standard InChI is InChI=1S/C3H5N3O/c4-3(7)2-1-5-6-2/h1,5-6H,(H2,4,7). The van der Waals surface area contributed by atoms with Gasteiger partial charge in [0.15, 0.2) is 0 Å². The minimum Gasteiger partial charge on any atom is -0.364 e. The molecule has 1 aromatic rings. The molecule has 4 N–H and O–H groups in total. The lowest BCUT2D eigenvalue weighted by Gasteiger charge is -1.95. The number of hydrogen-bond acceptors (Lipinski definition) is 1. The number of aromatic nitrogens is 2. The summed E-state index contributed by atoms with van der Waals surface area (Å²) in [6.07, 6.45) is 1.50. The van der Waals surface area contributed by atoms with Gasteiger partial charge in [-0.25, -0.2) is 0 Å². The Balaban J connectivity index is 2.73. The summed E-state index contributed by atoms with van der Waals surface area (Å²) in [5, 5.41) is 5.01. The number of amides is 1. The van der Waals surface area contributed by atoms with E-state index in [-0.39, 0.29) is 0 Å². The average molecular weight is 99.1 g/mol. The predicted octanol–water partition coefficient (Wildman–Crippen LogP) is -0.558. The fourth-order valence-corrected chi connectivity index (χ4v) is 0.277. The third kappa shape index (κ3) is 0.489. The number of aromatic amines is 2. The first kappa shape index (κ1) is 3.98. The van der Waals surface area contributed by atoms with E-state index in [0.29, 0.717) is 5.69 Å². The molecule has 0 atom stereocenters. The maximum absolute atomic E-state index is 10.0. The molecule has 1 amide bonds. The zero-order valence-electron chi connectivity index (χ0n) is 3.56. The summed E-state index contributed by atoms with van der Waals surface area (Å²) in [4.78, 5) is 10.0. The average Bonchev–Trinajstić information content (AvgIpc) is 1.23. The number of carbonyl (C=O) groups is 1. The highest BCUT2D eigenvalue weighted by atomic mass is 16.1. The molecule has 0 aliphatic rings. The predicted molar refractivity (Wildman–Crippen MR) is 23.7 cm³/mol. The van der Waals surface area contributed by atoms with Gasteiger partial charge >= 0.3 is 0 Å². The number of carbonyl (C=O) groups excluding carboxylic acids is 1. The highest BCUT2D eigenvalue weighted by Gasteiger charge is 1.98. The first-order valence-electron chi connectivity index (χ1n) is 1.82. The Morgan fingerprint density at radius 1 is 1.86 bits per heavy atom. The molecule has 0 unspecified atom stereocenters. The quantitative estimate of drug-likeness (QED) is 0.433. The molecule has 0 fully saturated rings. The van der Waals surface area contributed by atoms with Gasteiger partial charge in [-0.1, -0.05) is 0 Å². The molecule has 4 nitrogen and oxygen atoms in total. The van der Waals surface area contributed by atoms with E-state index < -0.39 is 5.91 Å². The molecule has 7 heavy (non-hydrogen) atoms. The SMILES string of the molecule is NC(=O)c1c[nH][nH]1. The van der Waals surface area contributed by atoms with Crippen LogP contribution in [0.25, 0.3) is 0 Å². The third-order valence-electron chi connectivity index (χ3n) is 0.689. The maximum Gasteiger partial charge on any atom is 0.268 e. The van der Waals surface area contributed by atoms with E-state index in [4.69, 9.17) is 5.73 Å². The number of nitrogens with one attached hydrogen (secondary N) is 2. The van der Waals surface area contributed by atoms with Crippen molar-refractivity contribution in [3.8, 4) is 0 Å². The van der Waals surface area contributed by atoms with Gasteiger partial charge in [0.05, 0.1) is 0 Å². The van der Waals surface area contributed by atoms with Crippen molar-refractivity contribution in [2.45, 2.75) is 0 Å². The van der Waals surface area contributed by atoms with Crippen LogP contribution in [0.4, 0.5) is 0 Å². The molecule has 0 saturated carbocycles. The molecule has 0 bridgehead atoms. The van der Waals surface area contributed by atoms with Crippen molar-refractivity contribution in [3.05, 3.63) is 11.9 Å². The van der Waals surface area contributed by atoms with Crippen LogP contribution in [0.5, 0.6) is 0 Å². The van der Waals surface area contributed by atoms with Gasteiger partial charge < -0.3 is 10.8 Å². The number of rotatable bonds is 1. The van der Waals surface area contributed by atoms with Crippen LogP contribution in [0.3, 0.4) is 0 Å². The van der Waals surface area contributed by atoms with Gasteiger partial charge in [0.25, 0.3) is 5.91 Å². The second-order valence-electron chi connectivity index (χ2n) is 1.19. The van der Waals surface area contributed by atoms with E-state index in [2.05, 4.69) is 10.2 Å². The van der Waals surface area contributed by atoms with Gasteiger partial charge in [-0.2, -0.15) is 0 Å². The normalized spacial score (nSPS) is 9.14. The summed E-state index contributed by atoms with van der Waals surface area (Å²) < 4.78 is 0. The minimum absolute atomic E-state index is 0.431. The topological polar surface area (TPSA) is 74.7 Å². The van der Waals surface area contributed by atoms with Crippen LogP contribution >= 0.6 is 0 Å². The van der Waals surface area contributed by atoms with Crippen LogP contribution in [-0.4, -0.2) is 16.1 Å². The smallest absolute Gasteiger partial charge is 0.268 e. The molecular formula is C3H5N3O. The lowest BCUT2D eigenvalue weighted by Crippen LogP contribution is -2.16. The Kier molecular flexibility index (Phi) is 0.651. The molecule has 1 heterocycles. The van der Waals surface area contributed by atoms with Gasteiger partial charge in [-0.15, -0.1) is 0 Å². The van der Waals surface area contributed by atoms with E-state index in [1.165, 1.54) is 6.20 Å². The molecule has 38 valence electrons. The molecular weight excluding hydrogens is 94.1 g/mol. The number of primary amides is 1. The first-order valence-corrected chi connectivity index (χ1v) is 1.82. The van der Waals surface area contributed by atoms with E-state index in [9.17, 15) is 4.79 Å². The molecule has 0 spiro atoms. The lowest BCUT2D eigenvalue weighted by molar-refractivity contribution is 0.0991.